The predicted octanol–water partition coefficient (Wildman–Crippen LogP) is 3.52. The zero-order valence-corrected chi connectivity index (χ0v) is 13.2. The molecule has 118 valence electrons. The van der Waals surface area contributed by atoms with Crippen molar-refractivity contribution in [3.05, 3.63) is 64.7 Å². The zero-order chi connectivity index (χ0) is 16.2. The summed E-state index contributed by atoms with van der Waals surface area (Å²) in [5, 5.41) is 5.74. The molecule has 23 heavy (non-hydrogen) atoms. The number of nitrogens with one attached hydrogen (secondary N) is 2. The first-order chi connectivity index (χ1) is 11.2. The Kier molecular flexibility index (Phi) is 4.42. The highest BCUT2D eigenvalue weighted by Crippen LogP contribution is 2.29. The fourth-order valence-electron chi connectivity index (χ4n) is 2.90. The van der Waals surface area contributed by atoms with Crippen molar-refractivity contribution in [2.45, 2.75) is 32.7 Å². The topological polar surface area (TPSA) is 58.2 Å². The van der Waals surface area contributed by atoms with Gasteiger partial charge >= 0.3 is 0 Å². The second-order valence-corrected chi connectivity index (χ2v) is 5.73. The molecular weight excluding hydrogens is 288 g/mol. The first kappa shape index (κ1) is 15.3. The summed E-state index contributed by atoms with van der Waals surface area (Å²) in [5.74, 6) is -0.310. The van der Waals surface area contributed by atoms with Crippen LogP contribution in [0.1, 0.15) is 51.6 Å². The molecule has 0 aromatic heterocycles. The number of aryl methyl sites for hydroxylation is 1. The van der Waals surface area contributed by atoms with E-state index < -0.39 is 0 Å². The molecule has 2 amide bonds. The summed E-state index contributed by atoms with van der Waals surface area (Å²) in [6.45, 7) is 2.69. The van der Waals surface area contributed by atoms with Crippen LogP contribution in [0.2, 0.25) is 0 Å². The Labute approximate surface area is 135 Å². The monoisotopic (exact) mass is 308 g/mol. The normalized spacial score (nSPS) is 12.7. The van der Waals surface area contributed by atoms with Gasteiger partial charge in [0, 0.05) is 12.1 Å². The molecule has 0 atom stereocenters. The Morgan fingerprint density at radius 1 is 1.17 bits per heavy atom. The van der Waals surface area contributed by atoms with E-state index in [0.29, 0.717) is 23.4 Å². The number of rotatable bonds is 5. The molecule has 1 aliphatic rings. The molecule has 0 unspecified atom stereocenters. The molecule has 4 heteroatoms. The van der Waals surface area contributed by atoms with E-state index in [0.717, 1.165) is 24.8 Å². The molecule has 2 N–H and O–H groups in total. The third-order valence-electron chi connectivity index (χ3n) is 4.15. The van der Waals surface area contributed by atoms with Crippen LogP contribution in [0.25, 0.3) is 0 Å². The summed E-state index contributed by atoms with van der Waals surface area (Å²) in [4.78, 5) is 24.5. The summed E-state index contributed by atoms with van der Waals surface area (Å²) in [6, 6.07) is 12.9. The minimum absolute atomic E-state index is 0.110. The Morgan fingerprint density at radius 3 is 2.70 bits per heavy atom. The summed E-state index contributed by atoms with van der Waals surface area (Å²) in [5.41, 5.74) is 3.99. The maximum Gasteiger partial charge on any atom is 0.255 e. The molecule has 0 saturated carbocycles. The molecule has 2 aromatic rings. The largest absolute Gasteiger partial charge is 0.348 e. The summed E-state index contributed by atoms with van der Waals surface area (Å²) < 4.78 is 0. The molecule has 1 aliphatic heterocycles. The van der Waals surface area contributed by atoms with Crippen LogP contribution in [0, 0.1) is 0 Å². The minimum Gasteiger partial charge on any atom is -0.348 e. The number of carbonyl (C=O) groups is 2. The number of anilines is 1. The molecule has 0 aliphatic carbocycles. The molecule has 0 fully saturated rings. The van der Waals surface area contributed by atoms with Gasteiger partial charge in [0.05, 0.1) is 11.3 Å². The van der Waals surface area contributed by atoms with E-state index in [-0.39, 0.29) is 11.8 Å². The molecule has 0 bridgehead atoms. The van der Waals surface area contributed by atoms with Crippen LogP contribution < -0.4 is 10.6 Å². The maximum absolute atomic E-state index is 12.3. The SMILES string of the molecule is CCCCc1ccc(NC(=O)c2ccccc2)c2c1CNC2=O. The number of hydrogen-bond donors (Lipinski definition) is 2. The van der Waals surface area contributed by atoms with Crippen molar-refractivity contribution >= 4 is 17.5 Å². The van der Waals surface area contributed by atoms with E-state index in [1.165, 1.54) is 5.56 Å². The van der Waals surface area contributed by atoms with E-state index in [1.807, 2.05) is 30.3 Å². The number of fused-ring (bicyclic) bond motifs is 1. The van der Waals surface area contributed by atoms with Crippen LogP contribution in [0.5, 0.6) is 0 Å². The maximum atomic E-state index is 12.3. The number of amides is 2. The van der Waals surface area contributed by atoms with Gasteiger partial charge in [-0.15, -0.1) is 0 Å². The van der Waals surface area contributed by atoms with Crippen LogP contribution in [-0.4, -0.2) is 11.8 Å². The van der Waals surface area contributed by atoms with Crippen LogP contribution >= 0.6 is 0 Å². The number of benzene rings is 2. The fourth-order valence-corrected chi connectivity index (χ4v) is 2.90. The van der Waals surface area contributed by atoms with Gasteiger partial charge in [0.2, 0.25) is 0 Å². The summed E-state index contributed by atoms with van der Waals surface area (Å²) in [7, 11) is 0. The van der Waals surface area contributed by atoms with Crippen LogP contribution in [-0.2, 0) is 13.0 Å². The standard InChI is InChI=1S/C19H20N2O2/c1-2-3-7-13-10-11-16(17-15(13)12-20-19(17)23)21-18(22)14-8-5-4-6-9-14/h4-6,8-11H,2-3,7,12H2,1H3,(H,20,23)(H,21,22). The van der Waals surface area contributed by atoms with Gasteiger partial charge in [-0.3, -0.25) is 9.59 Å². The average molecular weight is 308 g/mol. The third-order valence-corrected chi connectivity index (χ3v) is 4.15. The zero-order valence-electron chi connectivity index (χ0n) is 13.2. The van der Waals surface area contributed by atoms with Gasteiger partial charge in [-0.25, -0.2) is 0 Å². The lowest BCUT2D eigenvalue weighted by atomic mass is 9.97. The lowest BCUT2D eigenvalue weighted by molar-refractivity contribution is 0.0966. The van der Waals surface area contributed by atoms with E-state index in [2.05, 4.69) is 17.6 Å². The van der Waals surface area contributed by atoms with E-state index >= 15 is 0 Å². The van der Waals surface area contributed by atoms with Crippen molar-refractivity contribution in [1.82, 2.24) is 5.32 Å². The Bertz CT molecular complexity index is 739. The Balaban J connectivity index is 1.90. The van der Waals surface area contributed by atoms with Gasteiger partial charge in [0.15, 0.2) is 0 Å². The van der Waals surface area contributed by atoms with Gasteiger partial charge in [-0.05, 0) is 42.2 Å². The second kappa shape index (κ2) is 6.65. The quantitative estimate of drug-likeness (QED) is 0.888. The molecule has 2 aromatic carbocycles. The van der Waals surface area contributed by atoms with Gasteiger partial charge in [-0.2, -0.15) is 0 Å². The van der Waals surface area contributed by atoms with E-state index in [4.69, 9.17) is 0 Å². The van der Waals surface area contributed by atoms with Gasteiger partial charge in [0.25, 0.3) is 11.8 Å². The molecular formula is C19H20N2O2. The third kappa shape index (κ3) is 3.11. The highest BCUT2D eigenvalue weighted by atomic mass is 16.2. The predicted molar refractivity (Wildman–Crippen MR) is 90.6 cm³/mol. The van der Waals surface area contributed by atoms with E-state index in [1.54, 1.807) is 12.1 Å². The Hall–Kier alpha value is -2.62. The Morgan fingerprint density at radius 2 is 1.96 bits per heavy atom. The lowest BCUT2D eigenvalue weighted by Gasteiger charge is -2.12. The second-order valence-electron chi connectivity index (χ2n) is 5.73. The molecule has 1 heterocycles. The van der Waals surface area contributed by atoms with Crippen molar-refractivity contribution in [1.29, 1.82) is 0 Å². The summed E-state index contributed by atoms with van der Waals surface area (Å²) >= 11 is 0. The van der Waals surface area contributed by atoms with Crippen LogP contribution in [0.15, 0.2) is 42.5 Å². The molecule has 0 spiro atoms. The van der Waals surface area contributed by atoms with Gasteiger partial charge in [0.1, 0.15) is 0 Å². The van der Waals surface area contributed by atoms with Crippen LogP contribution in [0.3, 0.4) is 0 Å². The van der Waals surface area contributed by atoms with Crippen molar-refractivity contribution in [3.8, 4) is 0 Å². The molecule has 0 saturated heterocycles. The average Bonchev–Trinajstić information content (AvgIpc) is 2.97. The van der Waals surface area contributed by atoms with Crippen molar-refractivity contribution in [2.24, 2.45) is 0 Å². The van der Waals surface area contributed by atoms with E-state index in [9.17, 15) is 9.59 Å². The highest BCUT2D eigenvalue weighted by Gasteiger charge is 2.26. The molecule has 3 rings (SSSR count). The number of hydrogen-bond acceptors (Lipinski definition) is 2. The summed E-state index contributed by atoms with van der Waals surface area (Å²) in [6.07, 6.45) is 3.17. The molecule has 0 radical (unpaired) electrons. The minimum atomic E-state index is -0.200. The first-order valence-corrected chi connectivity index (χ1v) is 8.00. The fraction of sp³-hybridized carbons (Fsp3) is 0.263. The molecule has 4 nitrogen and oxygen atoms in total. The first-order valence-electron chi connectivity index (χ1n) is 8.00. The number of carbonyl (C=O) groups excluding carboxylic acids is 2. The lowest BCUT2D eigenvalue weighted by Crippen LogP contribution is -2.17. The number of unbranched alkanes of at least 4 members (excludes halogenated alkanes) is 1. The van der Waals surface area contributed by atoms with Gasteiger partial charge in [-0.1, -0.05) is 37.6 Å². The smallest absolute Gasteiger partial charge is 0.255 e. The van der Waals surface area contributed by atoms with Crippen molar-refractivity contribution < 1.29 is 9.59 Å². The highest BCUT2D eigenvalue weighted by molar-refractivity contribution is 6.10. The van der Waals surface area contributed by atoms with Crippen molar-refractivity contribution in [3.63, 3.8) is 0 Å². The van der Waals surface area contributed by atoms with Crippen molar-refractivity contribution in [2.75, 3.05) is 5.32 Å². The van der Waals surface area contributed by atoms with Gasteiger partial charge < -0.3 is 10.6 Å². The van der Waals surface area contributed by atoms with Crippen LogP contribution in [0.4, 0.5) is 5.69 Å².